The first-order valence-corrected chi connectivity index (χ1v) is 6.48. The summed E-state index contributed by atoms with van der Waals surface area (Å²) in [7, 11) is 0. The van der Waals surface area contributed by atoms with Gasteiger partial charge in [0, 0.05) is 5.75 Å². The Labute approximate surface area is 94.3 Å². The number of carboxylic acids is 1. The zero-order valence-electron chi connectivity index (χ0n) is 8.90. The Morgan fingerprint density at radius 1 is 1.67 bits per heavy atom. The van der Waals surface area contributed by atoms with Crippen LogP contribution in [0.15, 0.2) is 11.6 Å². The zero-order valence-corrected chi connectivity index (χ0v) is 9.72. The Bertz CT molecular complexity index is 290. The second-order valence-corrected chi connectivity index (χ2v) is 5.57. The predicted molar refractivity (Wildman–Crippen MR) is 61.9 cm³/mol. The van der Waals surface area contributed by atoms with E-state index in [0.29, 0.717) is 17.0 Å². The van der Waals surface area contributed by atoms with Crippen LogP contribution in [0.25, 0.3) is 0 Å². The van der Waals surface area contributed by atoms with Gasteiger partial charge in [0.1, 0.15) is 6.04 Å². The summed E-state index contributed by atoms with van der Waals surface area (Å²) < 4.78 is 0. The van der Waals surface area contributed by atoms with E-state index in [-0.39, 0.29) is 6.04 Å². The monoisotopic (exact) mass is 227 g/mol. The summed E-state index contributed by atoms with van der Waals surface area (Å²) in [5.41, 5.74) is 1.48. The quantitative estimate of drug-likeness (QED) is 0.707. The molecule has 84 valence electrons. The number of hydrogen-bond donors (Lipinski definition) is 2. The van der Waals surface area contributed by atoms with Gasteiger partial charge in [-0.3, -0.25) is 10.1 Å². The molecule has 0 bridgehead atoms. The highest BCUT2D eigenvalue weighted by Gasteiger charge is 2.34. The van der Waals surface area contributed by atoms with Crippen molar-refractivity contribution in [2.24, 2.45) is 5.92 Å². The first kappa shape index (κ1) is 11.0. The largest absolute Gasteiger partial charge is 0.480 e. The van der Waals surface area contributed by atoms with Gasteiger partial charge < -0.3 is 5.11 Å². The van der Waals surface area contributed by atoms with Gasteiger partial charge in [0.15, 0.2) is 0 Å². The molecule has 1 aliphatic heterocycles. The average Bonchev–Trinajstić information content (AvgIpc) is 2.68. The van der Waals surface area contributed by atoms with Crippen molar-refractivity contribution in [3.05, 3.63) is 11.6 Å². The molecular weight excluding hydrogens is 210 g/mol. The summed E-state index contributed by atoms with van der Waals surface area (Å²) in [6.45, 7) is 2.17. The molecule has 2 N–H and O–H groups in total. The van der Waals surface area contributed by atoms with Crippen molar-refractivity contribution in [2.75, 3.05) is 5.75 Å². The molecule has 0 aromatic carbocycles. The van der Waals surface area contributed by atoms with E-state index in [1.807, 2.05) is 0 Å². The lowest BCUT2D eigenvalue weighted by Gasteiger charge is -2.25. The van der Waals surface area contributed by atoms with Crippen molar-refractivity contribution in [3.63, 3.8) is 0 Å². The minimum atomic E-state index is -0.715. The average molecular weight is 227 g/mol. The van der Waals surface area contributed by atoms with Gasteiger partial charge in [-0.25, -0.2) is 0 Å². The molecular formula is C11H17NO2S. The minimum absolute atomic E-state index is 0.341. The normalized spacial score (nSPS) is 36.3. The van der Waals surface area contributed by atoms with E-state index in [4.69, 9.17) is 5.11 Å². The van der Waals surface area contributed by atoms with E-state index in [2.05, 4.69) is 18.3 Å². The van der Waals surface area contributed by atoms with Gasteiger partial charge in [-0.1, -0.05) is 11.6 Å². The highest BCUT2D eigenvalue weighted by Crippen LogP contribution is 2.34. The molecule has 2 rings (SSSR count). The molecule has 3 nitrogen and oxygen atoms in total. The van der Waals surface area contributed by atoms with Crippen LogP contribution in [-0.2, 0) is 4.79 Å². The Balaban J connectivity index is 1.89. The van der Waals surface area contributed by atoms with Gasteiger partial charge in [0.2, 0.25) is 0 Å². The number of hydrogen-bond acceptors (Lipinski definition) is 3. The molecule has 4 heteroatoms. The Hall–Kier alpha value is -0.480. The molecule has 2 unspecified atom stereocenters. The smallest absolute Gasteiger partial charge is 0.321 e. The van der Waals surface area contributed by atoms with Crippen molar-refractivity contribution < 1.29 is 9.90 Å². The van der Waals surface area contributed by atoms with E-state index < -0.39 is 5.97 Å². The number of thioether (sulfide) groups is 1. The molecule has 0 aromatic rings. The highest BCUT2D eigenvalue weighted by atomic mass is 32.2. The van der Waals surface area contributed by atoms with Crippen LogP contribution >= 0.6 is 11.8 Å². The van der Waals surface area contributed by atoms with E-state index in [9.17, 15) is 4.79 Å². The summed E-state index contributed by atoms with van der Waals surface area (Å²) in [5.74, 6) is 0.606. The third kappa shape index (κ3) is 2.55. The molecule has 0 aromatic heterocycles. The number of carbonyl (C=O) groups is 1. The minimum Gasteiger partial charge on any atom is -0.480 e. The highest BCUT2D eigenvalue weighted by molar-refractivity contribution is 8.00. The first-order chi connectivity index (χ1) is 7.16. The second-order valence-electron chi connectivity index (χ2n) is 4.40. The lowest BCUT2D eigenvalue weighted by molar-refractivity contribution is -0.138. The summed E-state index contributed by atoms with van der Waals surface area (Å²) in [6, 6.07) is -0.341. The van der Waals surface area contributed by atoms with E-state index in [0.717, 1.165) is 6.42 Å². The van der Waals surface area contributed by atoms with Crippen molar-refractivity contribution in [1.29, 1.82) is 0 Å². The predicted octanol–water partition coefficient (Wildman–Crippen LogP) is 1.85. The van der Waals surface area contributed by atoms with E-state index >= 15 is 0 Å². The van der Waals surface area contributed by atoms with Crippen LogP contribution in [0.3, 0.4) is 0 Å². The Kier molecular flexibility index (Phi) is 3.36. The third-order valence-electron chi connectivity index (χ3n) is 3.21. The summed E-state index contributed by atoms with van der Waals surface area (Å²) in [5, 5.41) is 12.4. The van der Waals surface area contributed by atoms with Crippen LogP contribution < -0.4 is 5.32 Å². The van der Waals surface area contributed by atoms with Crippen LogP contribution in [0, 0.1) is 5.92 Å². The second kappa shape index (κ2) is 4.58. The van der Waals surface area contributed by atoms with Crippen LogP contribution in [0.1, 0.15) is 26.2 Å². The number of nitrogens with one attached hydrogen (secondary N) is 1. The van der Waals surface area contributed by atoms with Gasteiger partial charge >= 0.3 is 5.97 Å². The molecule has 1 saturated heterocycles. The van der Waals surface area contributed by atoms with Gasteiger partial charge in [-0.05, 0) is 32.1 Å². The molecule has 0 radical (unpaired) electrons. The fourth-order valence-corrected chi connectivity index (χ4v) is 3.59. The molecule has 3 atom stereocenters. The van der Waals surface area contributed by atoms with Crippen LogP contribution in [0.4, 0.5) is 0 Å². The van der Waals surface area contributed by atoms with Crippen LogP contribution in [-0.4, -0.2) is 28.2 Å². The molecule has 0 spiro atoms. The fraction of sp³-hybridized carbons (Fsp3) is 0.727. The number of allylic oxidation sites excluding steroid dienone is 2. The third-order valence-corrected chi connectivity index (χ3v) is 4.62. The van der Waals surface area contributed by atoms with Gasteiger partial charge in [0.05, 0.1) is 5.37 Å². The van der Waals surface area contributed by atoms with Crippen molar-refractivity contribution >= 4 is 17.7 Å². The standard InChI is InChI=1S/C11H17NO2S/c1-7-2-4-8(5-3-7)10-12-9(6-15-10)11(13)14/h2,8-10,12H,3-6H2,1H3,(H,13,14)/t8?,9-,10?/m0/s1. The molecule has 2 aliphatic rings. The Morgan fingerprint density at radius 3 is 3.00 bits per heavy atom. The number of carboxylic acid groups (broad SMARTS) is 1. The number of rotatable bonds is 2. The SMILES string of the molecule is CC1=CCC(C2N[C@H](C(=O)O)CS2)CC1. The maximum atomic E-state index is 10.8. The maximum absolute atomic E-state index is 10.8. The van der Waals surface area contributed by atoms with E-state index in [1.165, 1.54) is 18.4 Å². The van der Waals surface area contributed by atoms with Crippen molar-refractivity contribution in [2.45, 2.75) is 37.6 Å². The molecule has 1 aliphatic carbocycles. The molecule has 0 saturated carbocycles. The van der Waals surface area contributed by atoms with Gasteiger partial charge in [-0.2, -0.15) is 0 Å². The number of aliphatic carboxylic acids is 1. The first-order valence-electron chi connectivity index (χ1n) is 5.43. The van der Waals surface area contributed by atoms with Gasteiger partial charge in [-0.15, -0.1) is 11.8 Å². The van der Waals surface area contributed by atoms with Crippen molar-refractivity contribution in [3.8, 4) is 0 Å². The zero-order chi connectivity index (χ0) is 10.8. The topological polar surface area (TPSA) is 49.3 Å². The van der Waals surface area contributed by atoms with Gasteiger partial charge in [0.25, 0.3) is 0 Å². The summed E-state index contributed by atoms with van der Waals surface area (Å²) >= 11 is 1.77. The summed E-state index contributed by atoms with van der Waals surface area (Å²) in [6.07, 6.45) is 5.76. The lowest BCUT2D eigenvalue weighted by Crippen LogP contribution is -2.39. The molecule has 1 heterocycles. The Morgan fingerprint density at radius 2 is 2.47 bits per heavy atom. The molecule has 0 amide bonds. The fourth-order valence-electron chi connectivity index (χ4n) is 2.17. The maximum Gasteiger partial charge on any atom is 0.321 e. The van der Waals surface area contributed by atoms with Crippen molar-refractivity contribution in [1.82, 2.24) is 5.32 Å². The van der Waals surface area contributed by atoms with Crippen LogP contribution in [0.2, 0.25) is 0 Å². The molecule has 1 fully saturated rings. The van der Waals surface area contributed by atoms with Crippen LogP contribution in [0.5, 0.6) is 0 Å². The molecule has 15 heavy (non-hydrogen) atoms. The lowest BCUT2D eigenvalue weighted by atomic mass is 9.90. The van der Waals surface area contributed by atoms with E-state index in [1.54, 1.807) is 11.8 Å². The summed E-state index contributed by atoms with van der Waals surface area (Å²) in [4.78, 5) is 10.8.